The average Bonchev–Trinajstić information content (AvgIpc) is 2.89. The van der Waals surface area contributed by atoms with E-state index in [0.717, 1.165) is 19.6 Å². The number of hydrogen-bond acceptors (Lipinski definition) is 9. The molecule has 0 radical (unpaired) electrons. The number of pyridine rings is 2. The van der Waals surface area contributed by atoms with Gasteiger partial charge in [-0.2, -0.15) is 5.26 Å². The van der Waals surface area contributed by atoms with E-state index in [4.69, 9.17) is 43.8 Å². The summed E-state index contributed by atoms with van der Waals surface area (Å²) in [5, 5.41) is 23.0. The van der Waals surface area contributed by atoms with Gasteiger partial charge in [0.25, 0.3) is 0 Å². The Balaban J connectivity index is 1.56. The van der Waals surface area contributed by atoms with Crippen LogP contribution in [0.2, 0.25) is 10.0 Å². The van der Waals surface area contributed by atoms with Crippen LogP contribution in [0, 0.1) is 22.2 Å². The molecular weight excluding hydrogens is 537 g/mol. The molecule has 3 aromatic rings. The monoisotopic (exact) mass is 567 g/mol. The Kier molecular flexibility index (Phi) is 8.50. The Labute approximate surface area is 238 Å². The summed E-state index contributed by atoms with van der Waals surface area (Å²) in [6, 6.07) is 7.55. The first-order valence-electron chi connectivity index (χ1n) is 12.4. The molecule has 1 aliphatic rings. The van der Waals surface area contributed by atoms with E-state index >= 15 is 0 Å². The standard InChI is InChI=1S/C28H31Cl2N7O2/c1-16(2)36-13-28(3)14-37(15-28)27-17(8-31)5-18(9-35-27)26(33)19-6-25(24(38-4)7-23(19)32)39-12-20-21(29)10-34-11-22(20)30/h5-7,9-11,16,33,36H,12-15,32H2,1-4H3. The molecule has 0 spiro atoms. The minimum Gasteiger partial charge on any atom is -0.493 e. The maximum absolute atomic E-state index is 9.87. The lowest BCUT2D eigenvalue weighted by Gasteiger charge is -2.49. The normalized spacial score (nSPS) is 14.1. The number of nitrogens with zero attached hydrogens (tertiary/aromatic N) is 4. The number of hydrogen-bond donors (Lipinski definition) is 3. The van der Waals surface area contributed by atoms with Crippen molar-refractivity contribution in [1.82, 2.24) is 15.3 Å². The molecule has 11 heteroatoms. The summed E-state index contributed by atoms with van der Waals surface area (Å²) in [5.41, 5.74) is 8.68. The zero-order chi connectivity index (χ0) is 28.3. The van der Waals surface area contributed by atoms with Gasteiger partial charge in [0, 0.05) is 78.1 Å². The number of nitrogens with one attached hydrogen (secondary N) is 2. The molecule has 9 nitrogen and oxygen atoms in total. The highest BCUT2D eigenvalue weighted by molar-refractivity contribution is 6.35. The quantitative estimate of drug-likeness (QED) is 0.228. The summed E-state index contributed by atoms with van der Waals surface area (Å²) < 4.78 is 11.4. The van der Waals surface area contributed by atoms with Gasteiger partial charge in [0.1, 0.15) is 18.5 Å². The zero-order valence-electron chi connectivity index (χ0n) is 22.3. The third-order valence-electron chi connectivity index (χ3n) is 6.59. The summed E-state index contributed by atoms with van der Waals surface area (Å²) in [6.07, 6.45) is 4.57. The lowest BCUT2D eigenvalue weighted by Crippen LogP contribution is -2.60. The van der Waals surface area contributed by atoms with Crippen molar-refractivity contribution >= 4 is 40.4 Å². The minimum absolute atomic E-state index is 0.0590. The van der Waals surface area contributed by atoms with Crippen molar-refractivity contribution in [2.45, 2.75) is 33.4 Å². The molecule has 204 valence electrons. The van der Waals surface area contributed by atoms with E-state index in [-0.39, 0.29) is 17.7 Å². The second-order valence-electron chi connectivity index (χ2n) is 10.2. The van der Waals surface area contributed by atoms with Crippen LogP contribution < -0.4 is 25.4 Å². The Morgan fingerprint density at radius 3 is 2.51 bits per heavy atom. The molecule has 0 atom stereocenters. The van der Waals surface area contributed by atoms with Crippen LogP contribution in [0.15, 0.2) is 36.8 Å². The molecule has 4 N–H and O–H groups in total. The maximum Gasteiger partial charge on any atom is 0.162 e. The van der Waals surface area contributed by atoms with E-state index in [0.29, 0.717) is 61.3 Å². The van der Waals surface area contributed by atoms with Gasteiger partial charge >= 0.3 is 0 Å². The summed E-state index contributed by atoms with van der Waals surface area (Å²) in [6.45, 7) is 9.01. The number of ether oxygens (including phenoxy) is 2. The lowest BCUT2D eigenvalue weighted by molar-refractivity contribution is 0.225. The van der Waals surface area contributed by atoms with Gasteiger partial charge in [0.05, 0.1) is 28.4 Å². The van der Waals surface area contributed by atoms with Crippen molar-refractivity contribution in [2.75, 3.05) is 37.4 Å². The van der Waals surface area contributed by atoms with Crippen LogP contribution >= 0.6 is 23.2 Å². The van der Waals surface area contributed by atoms with E-state index in [1.807, 2.05) is 0 Å². The Bertz CT molecular complexity index is 1410. The van der Waals surface area contributed by atoms with Crippen LogP contribution in [0.25, 0.3) is 0 Å². The van der Waals surface area contributed by atoms with Crippen LogP contribution in [0.3, 0.4) is 0 Å². The van der Waals surface area contributed by atoms with Crippen molar-refractivity contribution in [3.05, 3.63) is 69.1 Å². The minimum atomic E-state index is 0.0590. The Hall–Kier alpha value is -3.58. The number of methoxy groups -OCH3 is 1. The van der Waals surface area contributed by atoms with Crippen LogP contribution in [0.4, 0.5) is 11.5 Å². The molecule has 0 unspecified atom stereocenters. The highest BCUT2D eigenvalue weighted by Crippen LogP contribution is 2.37. The molecule has 2 aromatic heterocycles. The smallest absolute Gasteiger partial charge is 0.162 e. The van der Waals surface area contributed by atoms with Gasteiger partial charge in [-0.05, 0) is 12.1 Å². The molecule has 39 heavy (non-hydrogen) atoms. The fourth-order valence-corrected chi connectivity index (χ4v) is 4.94. The first-order chi connectivity index (χ1) is 18.5. The number of aromatic nitrogens is 2. The second-order valence-corrected chi connectivity index (χ2v) is 11.1. The lowest BCUT2D eigenvalue weighted by atomic mass is 9.81. The highest BCUT2D eigenvalue weighted by atomic mass is 35.5. The molecule has 1 saturated heterocycles. The Morgan fingerprint density at radius 1 is 1.21 bits per heavy atom. The van der Waals surface area contributed by atoms with Crippen molar-refractivity contribution in [3.63, 3.8) is 0 Å². The van der Waals surface area contributed by atoms with Gasteiger partial charge in [-0.15, -0.1) is 0 Å². The Morgan fingerprint density at radius 2 is 1.90 bits per heavy atom. The van der Waals surface area contributed by atoms with Crippen molar-refractivity contribution in [3.8, 4) is 17.6 Å². The number of anilines is 2. The van der Waals surface area contributed by atoms with Gasteiger partial charge in [-0.1, -0.05) is 44.0 Å². The maximum atomic E-state index is 9.87. The number of nitriles is 1. The fraction of sp³-hybridized carbons (Fsp3) is 0.357. The van der Waals surface area contributed by atoms with Crippen LogP contribution in [-0.2, 0) is 6.61 Å². The van der Waals surface area contributed by atoms with Crippen LogP contribution in [0.5, 0.6) is 11.5 Å². The fourth-order valence-electron chi connectivity index (χ4n) is 4.46. The predicted octanol–water partition coefficient (Wildman–Crippen LogP) is 5.07. The van der Waals surface area contributed by atoms with Crippen molar-refractivity contribution in [2.24, 2.45) is 5.41 Å². The van der Waals surface area contributed by atoms with E-state index in [9.17, 15) is 5.26 Å². The average molecular weight is 569 g/mol. The summed E-state index contributed by atoms with van der Waals surface area (Å²) in [7, 11) is 1.50. The number of halogens is 2. The van der Waals surface area contributed by atoms with Gasteiger partial charge < -0.3 is 25.4 Å². The van der Waals surface area contributed by atoms with E-state index in [1.165, 1.54) is 19.5 Å². The molecule has 3 heterocycles. The predicted molar refractivity (Wildman–Crippen MR) is 154 cm³/mol. The summed E-state index contributed by atoms with van der Waals surface area (Å²) >= 11 is 12.5. The highest BCUT2D eigenvalue weighted by Gasteiger charge is 2.40. The van der Waals surface area contributed by atoms with Gasteiger partial charge in [-0.25, -0.2) is 4.98 Å². The van der Waals surface area contributed by atoms with Crippen LogP contribution in [0.1, 0.15) is 43.0 Å². The van der Waals surface area contributed by atoms with Gasteiger partial charge in [-0.3, -0.25) is 10.4 Å². The molecule has 1 aromatic carbocycles. The SMILES string of the molecule is COc1cc(N)c(C(=N)c2cnc(N3CC(C)(CNC(C)C)C3)c(C#N)c2)cc1OCc1c(Cl)cncc1Cl. The first kappa shape index (κ1) is 28.4. The number of benzene rings is 1. The largest absolute Gasteiger partial charge is 0.493 e. The summed E-state index contributed by atoms with van der Waals surface area (Å²) in [4.78, 5) is 10.6. The van der Waals surface area contributed by atoms with E-state index < -0.39 is 0 Å². The molecule has 0 saturated carbocycles. The molecule has 1 fully saturated rings. The van der Waals surface area contributed by atoms with E-state index in [2.05, 4.69) is 47.0 Å². The zero-order valence-corrected chi connectivity index (χ0v) is 23.8. The molecule has 0 amide bonds. The number of rotatable bonds is 10. The molecule has 1 aliphatic heterocycles. The summed E-state index contributed by atoms with van der Waals surface area (Å²) in [5.74, 6) is 1.37. The molecule has 4 rings (SSSR count). The first-order valence-corrected chi connectivity index (χ1v) is 13.2. The van der Waals surface area contributed by atoms with Crippen LogP contribution in [-0.4, -0.2) is 48.5 Å². The molecule has 0 bridgehead atoms. The van der Waals surface area contributed by atoms with Crippen molar-refractivity contribution < 1.29 is 9.47 Å². The van der Waals surface area contributed by atoms with Gasteiger partial charge in [0.2, 0.25) is 0 Å². The topological polar surface area (TPSA) is 133 Å². The van der Waals surface area contributed by atoms with Crippen molar-refractivity contribution in [1.29, 1.82) is 10.7 Å². The third-order valence-corrected chi connectivity index (χ3v) is 7.24. The number of nitrogen functional groups attached to an aromatic ring is 1. The molecular formula is C28H31Cl2N7O2. The third kappa shape index (κ3) is 6.19. The number of nitrogens with two attached hydrogens (primary N) is 1. The van der Waals surface area contributed by atoms with Gasteiger partial charge in [0.15, 0.2) is 11.5 Å². The second kappa shape index (κ2) is 11.7. The van der Waals surface area contributed by atoms with E-state index in [1.54, 1.807) is 24.4 Å². The molecule has 0 aliphatic carbocycles.